The van der Waals surface area contributed by atoms with Crippen LogP contribution in [0.3, 0.4) is 0 Å². The first kappa shape index (κ1) is 11.2. The first-order valence-electron chi connectivity index (χ1n) is 3.69. The third-order valence-electron chi connectivity index (χ3n) is 1.10. The SMILES string of the molecule is NC(N)=NCCNC(=O)CCP. The van der Waals surface area contributed by atoms with Crippen molar-refractivity contribution >= 4 is 21.1 Å². The number of hydrogen-bond acceptors (Lipinski definition) is 2. The van der Waals surface area contributed by atoms with Crippen LogP contribution in [0, 0.1) is 0 Å². The van der Waals surface area contributed by atoms with Gasteiger partial charge in [-0.05, 0) is 6.16 Å². The number of hydrogen-bond donors (Lipinski definition) is 3. The first-order valence-corrected chi connectivity index (χ1v) is 4.50. The Morgan fingerprint density at radius 3 is 2.67 bits per heavy atom. The first-order chi connectivity index (χ1) is 5.66. The number of amides is 1. The van der Waals surface area contributed by atoms with Gasteiger partial charge in [0, 0.05) is 13.0 Å². The summed E-state index contributed by atoms with van der Waals surface area (Å²) in [5.41, 5.74) is 10.2. The molecule has 6 heteroatoms. The zero-order valence-corrected chi connectivity index (χ0v) is 8.07. The second-order valence-electron chi connectivity index (χ2n) is 2.20. The molecule has 0 radical (unpaired) electrons. The van der Waals surface area contributed by atoms with E-state index >= 15 is 0 Å². The molecule has 0 bridgehead atoms. The minimum atomic E-state index is 0.0239. The van der Waals surface area contributed by atoms with Crippen LogP contribution in [0.1, 0.15) is 6.42 Å². The normalized spacial score (nSPS) is 9.08. The number of aliphatic imine (C=N–C) groups is 1. The zero-order valence-electron chi connectivity index (χ0n) is 6.92. The molecule has 1 atom stereocenters. The monoisotopic (exact) mass is 190 g/mol. The number of guanidine groups is 1. The molecule has 70 valence electrons. The number of nitrogens with two attached hydrogens (primary N) is 2. The van der Waals surface area contributed by atoms with Crippen molar-refractivity contribution in [2.45, 2.75) is 6.42 Å². The predicted octanol–water partition coefficient (Wildman–Crippen LogP) is -1.36. The van der Waals surface area contributed by atoms with E-state index in [9.17, 15) is 4.79 Å². The minimum Gasteiger partial charge on any atom is -0.370 e. The molecule has 0 rings (SSSR count). The number of rotatable bonds is 5. The van der Waals surface area contributed by atoms with E-state index in [4.69, 9.17) is 11.5 Å². The van der Waals surface area contributed by atoms with Crippen molar-refractivity contribution in [3.8, 4) is 0 Å². The van der Waals surface area contributed by atoms with E-state index in [-0.39, 0.29) is 11.9 Å². The average Bonchev–Trinajstić information content (AvgIpc) is 1.98. The molecule has 0 heterocycles. The standard InChI is InChI=1S/C6H15N4OP/c7-6(8)10-3-2-9-5(11)1-4-12/h1-4,12H2,(H,9,11)(H4,7,8,10). The molecular weight excluding hydrogens is 175 g/mol. The maximum absolute atomic E-state index is 10.9. The molecule has 0 aromatic carbocycles. The Kier molecular flexibility index (Phi) is 6.38. The Morgan fingerprint density at radius 1 is 1.50 bits per heavy atom. The van der Waals surface area contributed by atoms with Crippen molar-refractivity contribution < 1.29 is 4.79 Å². The van der Waals surface area contributed by atoms with Crippen LogP contribution in [0.25, 0.3) is 0 Å². The molecule has 1 amide bonds. The van der Waals surface area contributed by atoms with Crippen LogP contribution in [0.15, 0.2) is 4.99 Å². The summed E-state index contributed by atoms with van der Waals surface area (Å²) >= 11 is 0. The topological polar surface area (TPSA) is 93.5 Å². The van der Waals surface area contributed by atoms with Crippen LogP contribution in [0.5, 0.6) is 0 Å². The van der Waals surface area contributed by atoms with Gasteiger partial charge in [0.05, 0.1) is 6.54 Å². The Morgan fingerprint density at radius 2 is 2.17 bits per heavy atom. The Hall–Kier alpha value is -0.830. The molecule has 0 saturated carbocycles. The van der Waals surface area contributed by atoms with Gasteiger partial charge >= 0.3 is 0 Å². The summed E-state index contributed by atoms with van der Waals surface area (Å²) in [7, 11) is 2.49. The van der Waals surface area contributed by atoms with E-state index in [0.29, 0.717) is 19.5 Å². The molecule has 0 aliphatic carbocycles. The number of nitrogens with one attached hydrogen (secondary N) is 1. The van der Waals surface area contributed by atoms with E-state index in [2.05, 4.69) is 19.5 Å². The third kappa shape index (κ3) is 7.28. The van der Waals surface area contributed by atoms with Gasteiger partial charge in [0.2, 0.25) is 5.91 Å². The maximum Gasteiger partial charge on any atom is 0.220 e. The quantitative estimate of drug-likeness (QED) is 0.216. The Balaban J connectivity index is 3.31. The number of carbonyl (C=O) groups is 1. The fraction of sp³-hybridized carbons (Fsp3) is 0.667. The maximum atomic E-state index is 10.9. The average molecular weight is 190 g/mol. The van der Waals surface area contributed by atoms with Gasteiger partial charge in [-0.25, -0.2) is 0 Å². The van der Waals surface area contributed by atoms with E-state index in [1.807, 2.05) is 0 Å². The smallest absolute Gasteiger partial charge is 0.220 e. The van der Waals surface area contributed by atoms with Crippen molar-refractivity contribution in [2.24, 2.45) is 16.5 Å². The summed E-state index contributed by atoms with van der Waals surface area (Å²) < 4.78 is 0. The van der Waals surface area contributed by atoms with E-state index in [1.54, 1.807) is 0 Å². The molecule has 0 aromatic rings. The summed E-state index contributed by atoms with van der Waals surface area (Å²) in [6.07, 6.45) is 1.29. The van der Waals surface area contributed by atoms with Crippen LogP contribution in [-0.2, 0) is 4.79 Å². The van der Waals surface area contributed by atoms with Crippen LogP contribution in [0.4, 0.5) is 0 Å². The molecule has 0 fully saturated rings. The van der Waals surface area contributed by atoms with Crippen molar-refractivity contribution in [1.29, 1.82) is 0 Å². The minimum absolute atomic E-state index is 0.0239. The fourth-order valence-electron chi connectivity index (χ4n) is 0.600. The van der Waals surface area contributed by atoms with Crippen molar-refractivity contribution in [1.82, 2.24) is 5.32 Å². The largest absolute Gasteiger partial charge is 0.370 e. The summed E-state index contributed by atoms with van der Waals surface area (Å²) in [5.74, 6) is 0.0751. The van der Waals surface area contributed by atoms with Gasteiger partial charge in [0.15, 0.2) is 5.96 Å². The van der Waals surface area contributed by atoms with E-state index in [0.717, 1.165) is 6.16 Å². The molecular formula is C6H15N4OP. The molecule has 1 unspecified atom stereocenters. The lowest BCUT2D eigenvalue weighted by atomic mass is 10.4. The highest BCUT2D eigenvalue weighted by molar-refractivity contribution is 7.16. The van der Waals surface area contributed by atoms with Crippen molar-refractivity contribution in [3.05, 3.63) is 0 Å². The molecule has 0 saturated heterocycles. The lowest BCUT2D eigenvalue weighted by molar-refractivity contribution is -0.120. The van der Waals surface area contributed by atoms with Crippen LogP contribution in [-0.4, -0.2) is 31.1 Å². The Labute approximate surface area is 74.2 Å². The van der Waals surface area contributed by atoms with E-state index in [1.165, 1.54) is 0 Å². The van der Waals surface area contributed by atoms with Crippen molar-refractivity contribution in [3.63, 3.8) is 0 Å². The Bertz CT molecular complexity index is 167. The molecule has 5 nitrogen and oxygen atoms in total. The number of nitrogens with zero attached hydrogens (tertiary/aromatic N) is 1. The lowest BCUT2D eigenvalue weighted by Gasteiger charge is -2.00. The highest BCUT2D eigenvalue weighted by Crippen LogP contribution is 1.86. The molecule has 5 N–H and O–H groups in total. The van der Waals surface area contributed by atoms with Crippen molar-refractivity contribution in [2.75, 3.05) is 19.3 Å². The zero-order chi connectivity index (χ0) is 9.40. The molecule has 12 heavy (non-hydrogen) atoms. The molecule has 0 spiro atoms. The van der Waals surface area contributed by atoms with Gasteiger partial charge in [-0.2, -0.15) is 0 Å². The summed E-state index contributed by atoms with van der Waals surface area (Å²) in [6.45, 7) is 0.923. The lowest BCUT2D eigenvalue weighted by Crippen LogP contribution is -2.28. The second-order valence-corrected chi connectivity index (χ2v) is 2.77. The van der Waals surface area contributed by atoms with Crippen LogP contribution < -0.4 is 16.8 Å². The van der Waals surface area contributed by atoms with Gasteiger partial charge in [-0.3, -0.25) is 9.79 Å². The highest BCUT2D eigenvalue weighted by atomic mass is 31.0. The molecule has 0 aromatic heterocycles. The summed E-state index contributed by atoms with van der Waals surface area (Å²) in [5, 5.41) is 2.67. The highest BCUT2D eigenvalue weighted by Gasteiger charge is 1.95. The van der Waals surface area contributed by atoms with Crippen LogP contribution in [0.2, 0.25) is 0 Å². The second kappa shape index (κ2) is 6.85. The summed E-state index contributed by atoms with van der Waals surface area (Å²) in [4.78, 5) is 14.6. The van der Waals surface area contributed by atoms with Gasteiger partial charge in [0.25, 0.3) is 0 Å². The summed E-state index contributed by atoms with van der Waals surface area (Å²) in [6, 6.07) is 0. The predicted molar refractivity (Wildman–Crippen MR) is 52.9 cm³/mol. The fourth-order valence-corrected chi connectivity index (χ4v) is 0.862. The van der Waals surface area contributed by atoms with Gasteiger partial charge < -0.3 is 16.8 Å². The molecule has 0 aliphatic rings. The van der Waals surface area contributed by atoms with Crippen LogP contribution >= 0.6 is 9.24 Å². The van der Waals surface area contributed by atoms with Gasteiger partial charge in [-0.1, -0.05) is 0 Å². The third-order valence-corrected chi connectivity index (χ3v) is 1.39. The van der Waals surface area contributed by atoms with E-state index < -0.39 is 0 Å². The van der Waals surface area contributed by atoms with Gasteiger partial charge in [0.1, 0.15) is 0 Å². The molecule has 0 aliphatic heterocycles. The number of carbonyl (C=O) groups excluding carboxylic acids is 1. The van der Waals surface area contributed by atoms with Gasteiger partial charge in [-0.15, -0.1) is 9.24 Å².